The molecule has 1 amide bonds. The van der Waals surface area contributed by atoms with Crippen LogP contribution in [0.5, 0.6) is 0 Å². The molecule has 3 aromatic rings. The third kappa shape index (κ3) is 11.0. The van der Waals surface area contributed by atoms with Gasteiger partial charge in [-0.2, -0.15) is 0 Å². The zero-order chi connectivity index (χ0) is 49.0. The van der Waals surface area contributed by atoms with Crippen molar-refractivity contribution in [1.82, 2.24) is 24.3 Å². The fraction of sp³-hybridized carbons (Fsp3) is 0.686. The Morgan fingerprint density at radius 1 is 1.00 bits per heavy atom. The second kappa shape index (κ2) is 21.9. The van der Waals surface area contributed by atoms with Crippen molar-refractivity contribution in [3.8, 4) is 0 Å². The van der Waals surface area contributed by atoms with Crippen molar-refractivity contribution in [2.75, 3.05) is 27.2 Å². The minimum absolute atomic E-state index is 0.121. The molecule has 5 heterocycles. The number of pyridine rings is 1. The van der Waals surface area contributed by atoms with Crippen LogP contribution in [0.3, 0.4) is 0 Å². The molecule has 3 aliphatic heterocycles. The van der Waals surface area contributed by atoms with Crippen molar-refractivity contribution in [3.05, 3.63) is 60.2 Å². The molecular formula is C51H75N5O11. The molecule has 16 nitrogen and oxygen atoms in total. The van der Waals surface area contributed by atoms with Crippen molar-refractivity contribution in [2.45, 2.75) is 174 Å². The summed E-state index contributed by atoms with van der Waals surface area (Å²) in [4.78, 5) is 70.5. The van der Waals surface area contributed by atoms with E-state index in [2.05, 4.69) is 14.5 Å². The van der Waals surface area contributed by atoms with Gasteiger partial charge in [-0.05, 0) is 104 Å². The van der Waals surface area contributed by atoms with Crippen LogP contribution in [0.2, 0.25) is 0 Å². The molecule has 1 N–H and O–H groups in total. The van der Waals surface area contributed by atoms with Crippen molar-refractivity contribution < 1.29 is 52.7 Å². The zero-order valence-corrected chi connectivity index (χ0v) is 41.7. The van der Waals surface area contributed by atoms with Gasteiger partial charge in [0.25, 0.3) is 0 Å². The maximum atomic E-state index is 15.1. The number of rotatable bonds is 14. The molecule has 16 heteroatoms. The van der Waals surface area contributed by atoms with Crippen LogP contribution in [0.4, 0.5) is 4.79 Å². The average Bonchev–Trinajstić information content (AvgIpc) is 3.77. The number of ether oxygens (including phenoxy) is 6. The Morgan fingerprint density at radius 2 is 1.72 bits per heavy atom. The van der Waals surface area contributed by atoms with E-state index >= 15 is 4.79 Å². The van der Waals surface area contributed by atoms with E-state index in [0.717, 1.165) is 23.3 Å². The predicted octanol–water partition coefficient (Wildman–Crippen LogP) is 6.70. The fourth-order valence-corrected chi connectivity index (χ4v) is 11.1. The van der Waals surface area contributed by atoms with Gasteiger partial charge in [-0.1, -0.05) is 52.8 Å². The Labute approximate surface area is 396 Å². The van der Waals surface area contributed by atoms with Crippen LogP contribution in [0.25, 0.3) is 11.0 Å². The number of para-hydroxylation sites is 2. The van der Waals surface area contributed by atoms with Gasteiger partial charge < -0.3 is 47.9 Å². The Bertz CT molecular complexity index is 2170. The Hall–Kier alpha value is -4.48. The number of likely N-dealkylation sites (N-methyl/N-ethyl adjacent to an activating group) is 1. The first kappa shape index (κ1) is 51.9. The van der Waals surface area contributed by atoms with E-state index in [1.807, 2.05) is 86.7 Å². The number of methoxy groups -OCH3 is 1. The molecular weight excluding hydrogens is 859 g/mol. The van der Waals surface area contributed by atoms with Crippen LogP contribution >= 0.6 is 0 Å². The van der Waals surface area contributed by atoms with Crippen LogP contribution in [0.1, 0.15) is 106 Å². The molecule has 0 radical (unpaired) electrons. The molecule has 370 valence electrons. The Balaban J connectivity index is 1.37. The number of cyclic esters (lactones) is 1. The smallest absolute Gasteiger partial charge is 0.410 e. The van der Waals surface area contributed by atoms with Gasteiger partial charge in [0, 0.05) is 56.4 Å². The number of aromatic nitrogens is 3. The number of aryl methyl sites for hydroxylation is 2. The highest BCUT2D eigenvalue weighted by molar-refractivity contribution is 5.85. The van der Waals surface area contributed by atoms with Gasteiger partial charge in [-0.3, -0.25) is 19.4 Å². The minimum atomic E-state index is -1.43. The van der Waals surface area contributed by atoms with Crippen molar-refractivity contribution in [3.63, 3.8) is 0 Å². The summed E-state index contributed by atoms with van der Waals surface area (Å²) < 4.78 is 40.9. The first-order chi connectivity index (χ1) is 31.8. The number of benzene rings is 1. The number of aliphatic hydroxyl groups is 1. The quantitative estimate of drug-likeness (QED) is 0.102. The summed E-state index contributed by atoms with van der Waals surface area (Å²) in [5.74, 6) is -3.87. The lowest BCUT2D eigenvalue weighted by molar-refractivity contribution is -0.302. The van der Waals surface area contributed by atoms with E-state index in [4.69, 9.17) is 33.4 Å². The molecule has 0 bridgehead atoms. The van der Waals surface area contributed by atoms with Crippen molar-refractivity contribution in [2.24, 2.45) is 23.7 Å². The predicted molar refractivity (Wildman–Crippen MR) is 251 cm³/mol. The van der Waals surface area contributed by atoms with Gasteiger partial charge >= 0.3 is 18.0 Å². The number of Topliss-reactive ketones (excluding diaryl/α,β-unsaturated/α-hetero) is 1. The molecule has 2 aromatic heterocycles. The molecule has 3 aliphatic rings. The van der Waals surface area contributed by atoms with Crippen LogP contribution in [-0.2, 0) is 55.8 Å². The summed E-state index contributed by atoms with van der Waals surface area (Å²) in [5, 5.41) is 11.9. The standard InChI is InChI=1S/C51H75N5O11/c1-13-40-51(10)45(56(49(61)67-51)25-18-17-24-55-35(8)53-37-21-15-16-22-38(37)55)32(5)42(58)30(3)28-50(9,62-12)46(66-48-43(59)39(54(11)14-2)26-31(4)63-48)33(6)44(34(7)47(60)64-40)65-41(57)27-36-20-19-23-52-29-36/h15-16,19-23,29-34,39-40,43-46,48,59H,13-14,17-18,24-28H2,1-12H3/t30-,31+,32+,33+,34-,39-,40-,43+,44+,45-,46-,48-,50-,51-/m1/s1. The summed E-state index contributed by atoms with van der Waals surface area (Å²) >= 11 is 0. The Kier molecular flexibility index (Phi) is 16.9. The molecule has 67 heavy (non-hydrogen) atoms. The van der Waals surface area contributed by atoms with Gasteiger partial charge in [-0.25, -0.2) is 9.78 Å². The summed E-state index contributed by atoms with van der Waals surface area (Å²) in [6, 6.07) is 10.4. The first-order valence-electron chi connectivity index (χ1n) is 24.3. The molecule has 6 rings (SSSR count). The fourth-order valence-electron chi connectivity index (χ4n) is 11.1. The molecule has 1 aromatic carbocycles. The van der Waals surface area contributed by atoms with Crippen LogP contribution < -0.4 is 0 Å². The number of unbranched alkanes of at least 4 members (excludes halogenated alkanes) is 1. The monoisotopic (exact) mass is 934 g/mol. The van der Waals surface area contributed by atoms with Gasteiger partial charge in [0.15, 0.2) is 11.9 Å². The van der Waals surface area contributed by atoms with E-state index in [0.29, 0.717) is 38.0 Å². The summed E-state index contributed by atoms with van der Waals surface area (Å²) in [6.45, 7) is 20.1. The number of nitrogens with zero attached hydrogens (tertiary/aromatic N) is 5. The number of hydrogen-bond acceptors (Lipinski definition) is 14. The molecule has 14 atom stereocenters. The highest BCUT2D eigenvalue weighted by Crippen LogP contribution is 2.44. The number of carbonyl (C=O) groups is 4. The molecule has 0 spiro atoms. The van der Waals surface area contributed by atoms with Crippen LogP contribution in [0.15, 0.2) is 48.8 Å². The molecule has 3 fully saturated rings. The number of aliphatic hydroxyl groups excluding tert-OH is 1. The number of ketones is 1. The largest absolute Gasteiger partial charge is 0.461 e. The SMILES string of the molecule is CC[C@H]1OC(=O)[C@H](C)[C@@H](OC(=O)Cc2cccnc2)[C@H](C)[C@@H](O[C@H]2O[C@@H](C)C[C@@H](N(C)CC)[C@@H]2O)[C@](C)(OC)C[C@@H](C)C(=O)[C@H](C)[C@H]2N(CCCCn3c(C)nc4ccccc43)C(=O)O[C@]12C. The van der Waals surface area contributed by atoms with Crippen LogP contribution in [0, 0.1) is 30.6 Å². The summed E-state index contributed by atoms with van der Waals surface area (Å²) in [7, 11) is 3.47. The first-order valence-corrected chi connectivity index (χ1v) is 24.3. The summed E-state index contributed by atoms with van der Waals surface area (Å²) in [5.41, 5.74) is -0.148. The summed E-state index contributed by atoms with van der Waals surface area (Å²) in [6.07, 6.45) is -0.922. The van der Waals surface area contributed by atoms with Gasteiger partial charge in [0.2, 0.25) is 0 Å². The van der Waals surface area contributed by atoms with Crippen molar-refractivity contribution in [1.29, 1.82) is 0 Å². The van der Waals surface area contributed by atoms with Crippen LogP contribution in [-0.4, -0.2) is 141 Å². The highest BCUT2D eigenvalue weighted by Gasteiger charge is 2.60. The van der Waals surface area contributed by atoms with E-state index < -0.39 is 89.7 Å². The number of fused-ring (bicyclic) bond motifs is 2. The highest BCUT2D eigenvalue weighted by atomic mass is 16.7. The van der Waals surface area contributed by atoms with Crippen molar-refractivity contribution >= 4 is 34.8 Å². The van der Waals surface area contributed by atoms with E-state index in [1.165, 1.54) is 7.11 Å². The maximum Gasteiger partial charge on any atom is 0.410 e. The molecule has 0 saturated carbocycles. The molecule has 3 saturated heterocycles. The normalized spacial score (nSPS) is 34.4. The average molecular weight is 934 g/mol. The third-order valence-corrected chi connectivity index (χ3v) is 15.0. The second-order valence-corrected chi connectivity index (χ2v) is 19.7. The second-order valence-electron chi connectivity index (χ2n) is 19.7. The van der Waals surface area contributed by atoms with Gasteiger partial charge in [-0.15, -0.1) is 0 Å². The number of carbonyl (C=O) groups excluding carboxylic acids is 4. The number of amides is 1. The number of esters is 2. The lowest BCUT2D eigenvalue weighted by atomic mass is 9.73. The minimum Gasteiger partial charge on any atom is -0.461 e. The van der Waals surface area contributed by atoms with Gasteiger partial charge in [0.1, 0.15) is 29.9 Å². The topological polar surface area (TPSA) is 181 Å². The zero-order valence-electron chi connectivity index (χ0n) is 41.7. The number of imidazole rings is 1. The Morgan fingerprint density at radius 3 is 2.39 bits per heavy atom. The molecule has 0 unspecified atom stereocenters. The lowest BCUT2D eigenvalue weighted by Crippen LogP contribution is -2.61. The van der Waals surface area contributed by atoms with E-state index in [9.17, 15) is 19.5 Å². The maximum absolute atomic E-state index is 15.1. The third-order valence-electron chi connectivity index (χ3n) is 15.0. The number of hydrogen-bond donors (Lipinski definition) is 1. The molecule has 0 aliphatic carbocycles. The lowest BCUT2D eigenvalue weighted by Gasteiger charge is -2.48. The van der Waals surface area contributed by atoms with Gasteiger partial charge in [0.05, 0.1) is 47.2 Å². The van der Waals surface area contributed by atoms with E-state index in [-0.39, 0.29) is 37.2 Å². The van der Waals surface area contributed by atoms with E-state index in [1.54, 1.807) is 43.3 Å².